The number of carboxylic acids is 1. The Bertz CT molecular complexity index is 890. The van der Waals surface area contributed by atoms with Crippen molar-refractivity contribution in [1.29, 1.82) is 0 Å². The van der Waals surface area contributed by atoms with Crippen LogP contribution in [-0.4, -0.2) is 36.3 Å². The first kappa shape index (κ1) is 18.6. The Morgan fingerprint density at radius 2 is 2.00 bits per heavy atom. The van der Waals surface area contributed by atoms with Gasteiger partial charge >= 0.3 is 5.97 Å². The number of rotatable bonds is 6. The smallest absolute Gasteiger partial charge is 0.335 e. The molecule has 142 valence electrons. The summed E-state index contributed by atoms with van der Waals surface area (Å²) in [6.45, 7) is 3.77. The second-order valence-electron chi connectivity index (χ2n) is 6.84. The molecule has 7 heteroatoms. The van der Waals surface area contributed by atoms with Gasteiger partial charge in [0, 0.05) is 12.0 Å². The third-order valence-corrected chi connectivity index (χ3v) is 4.14. The summed E-state index contributed by atoms with van der Waals surface area (Å²) in [4.78, 5) is 23.3. The van der Waals surface area contributed by atoms with Gasteiger partial charge in [-0.1, -0.05) is 12.1 Å². The predicted octanol–water partition coefficient (Wildman–Crippen LogP) is 3.12. The highest BCUT2D eigenvalue weighted by Gasteiger charge is 2.32. The average Bonchev–Trinajstić information content (AvgIpc) is 2.94. The number of carboxylic acid groups (broad SMARTS) is 1. The number of aromatic carboxylic acids is 1. The van der Waals surface area contributed by atoms with Crippen molar-refractivity contribution in [2.75, 3.05) is 19.0 Å². The zero-order chi connectivity index (χ0) is 19.6. The zero-order valence-electron chi connectivity index (χ0n) is 15.4. The van der Waals surface area contributed by atoms with Gasteiger partial charge in [-0.3, -0.25) is 4.79 Å². The van der Waals surface area contributed by atoms with E-state index < -0.39 is 11.9 Å². The number of fused-ring (bicyclic) bond motifs is 1. The number of para-hydroxylation sites is 1. The number of hydrogen-bond donors (Lipinski definition) is 2. The van der Waals surface area contributed by atoms with Gasteiger partial charge in [0.1, 0.15) is 11.4 Å². The summed E-state index contributed by atoms with van der Waals surface area (Å²) >= 11 is 0. The number of benzene rings is 2. The van der Waals surface area contributed by atoms with E-state index in [1.165, 1.54) is 25.3 Å². The first-order chi connectivity index (χ1) is 12.8. The van der Waals surface area contributed by atoms with Gasteiger partial charge in [0.15, 0.2) is 18.1 Å². The molecule has 7 nitrogen and oxygen atoms in total. The van der Waals surface area contributed by atoms with E-state index in [4.69, 9.17) is 19.3 Å². The molecule has 0 spiro atoms. The molecule has 0 bridgehead atoms. The van der Waals surface area contributed by atoms with Crippen molar-refractivity contribution in [1.82, 2.24) is 0 Å². The van der Waals surface area contributed by atoms with Gasteiger partial charge in [0.2, 0.25) is 0 Å². The van der Waals surface area contributed by atoms with Crippen molar-refractivity contribution in [3.8, 4) is 17.2 Å². The molecule has 27 heavy (non-hydrogen) atoms. The Hall–Kier alpha value is -3.22. The molecule has 0 saturated heterocycles. The highest BCUT2D eigenvalue weighted by atomic mass is 16.5. The third-order valence-electron chi connectivity index (χ3n) is 4.14. The Kier molecular flexibility index (Phi) is 4.94. The minimum absolute atomic E-state index is 0.0701. The molecule has 0 saturated carbocycles. The van der Waals surface area contributed by atoms with Crippen LogP contribution in [0.1, 0.15) is 29.8 Å². The quantitative estimate of drug-likeness (QED) is 0.810. The molecule has 0 aromatic heterocycles. The first-order valence-electron chi connectivity index (χ1n) is 8.44. The topological polar surface area (TPSA) is 94.1 Å². The van der Waals surface area contributed by atoms with Crippen LogP contribution in [0.25, 0.3) is 0 Å². The fourth-order valence-corrected chi connectivity index (χ4v) is 2.96. The molecule has 1 aliphatic rings. The Balaban J connectivity index is 1.67. The van der Waals surface area contributed by atoms with Gasteiger partial charge in [-0.05, 0) is 38.1 Å². The van der Waals surface area contributed by atoms with Crippen LogP contribution < -0.4 is 19.5 Å². The van der Waals surface area contributed by atoms with Crippen LogP contribution in [-0.2, 0) is 11.2 Å². The highest BCUT2D eigenvalue weighted by Crippen LogP contribution is 2.41. The second-order valence-corrected chi connectivity index (χ2v) is 6.84. The van der Waals surface area contributed by atoms with E-state index in [9.17, 15) is 9.59 Å². The Morgan fingerprint density at radius 1 is 1.22 bits per heavy atom. The van der Waals surface area contributed by atoms with Crippen molar-refractivity contribution >= 4 is 17.6 Å². The maximum absolute atomic E-state index is 12.3. The summed E-state index contributed by atoms with van der Waals surface area (Å²) in [7, 11) is 1.40. The van der Waals surface area contributed by atoms with Gasteiger partial charge < -0.3 is 24.6 Å². The highest BCUT2D eigenvalue weighted by molar-refractivity contribution is 5.95. The summed E-state index contributed by atoms with van der Waals surface area (Å²) in [5.41, 5.74) is 1.18. The van der Waals surface area contributed by atoms with Gasteiger partial charge in [0.25, 0.3) is 5.91 Å². The summed E-state index contributed by atoms with van der Waals surface area (Å²) in [5, 5.41) is 11.7. The van der Waals surface area contributed by atoms with E-state index in [2.05, 4.69) is 5.32 Å². The summed E-state index contributed by atoms with van der Waals surface area (Å²) in [5.74, 6) is -0.0318. The predicted molar refractivity (Wildman–Crippen MR) is 98.9 cm³/mol. The van der Waals surface area contributed by atoms with E-state index in [-0.39, 0.29) is 23.5 Å². The first-order valence-corrected chi connectivity index (χ1v) is 8.44. The van der Waals surface area contributed by atoms with Crippen LogP contribution >= 0.6 is 0 Å². The number of anilines is 1. The SMILES string of the molecule is COc1cc(C(=O)O)ccc1NC(=O)COc1cccc2c1OC(C)(C)C2. The molecule has 0 aliphatic carbocycles. The fraction of sp³-hybridized carbons (Fsp3) is 0.300. The van der Waals surface area contributed by atoms with Crippen molar-refractivity contribution in [2.45, 2.75) is 25.9 Å². The fourth-order valence-electron chi connectivity index (χ4n) is 2.96. The van der Waals surface area contributed by atoms with E-state index in [0.29, 0.717) is 17.2 Å². The molecular formula is C20H21NO6. The van der Waals surface area contributed by atoms with Gasteiger partial charge in [-0.25, -0.2) is 4.79 Å². The molecule has 2 aromatic carbocycles. The minimum atomic E-state index is -1.07. The second kappa shape index (κ2) is 7.19. The van der Waals surface area contributed by atoms with Crippen molar-refractivity contribution in [3.05, 3.63) is 47.5 Å². The maximum atomic E-state index is 12.3. The molecule has 0 atom stereocenters. The summed E-state index contributed by atoms with van der Waals surface area (Å²) < 4.78 is 16.7. The number of hydrogen-bond acceptors (Lipinski definition) is 5. The number of ether oxygens (including phenoxy) is 3. The molecule has 1 amide bonds. The number of carbonyl (C=O) groups excluding carboxylic acids is 1. The van der Waals surface area contributed by atoms with Crippen LogP contribution in [0.5, 0.6) is 17.2 Å². The van der Waals surface area contributed by atoms with Crippen LogP contribution in [0.3, 0.4) is 0 Å². The van der Waals surface area contributed by atoms with Gasteiger partial charge in [-0.2, -0.15) is 0 Å². The van der Waals surface area contributed by atoms with Crippen LogP contribution in [0.15, 0.2) is 36.4 Å². The molecule has 2 aromatic rings. The lowest BCUT2D eigenvalue weighted by molar-refractivity contribution is -0.118. The number of amides is 1. The molecule has 1 heterocycles. The van der Waals surface area contributed by atoms with Gasteiger partial charge in [0.05, 0.1) is 18.4 Å². The molecule has 0 unspecified atom stereocenters. The number of methoxy groups -OCH3 is 1. The largest absolute Gasteiger partial charge is 0.495 e. The third kappa shape index (κ3) is 4.13. The van der Waals surface area contributed by atoms with Crippen LogP contribution in [0.4, 0.5) is 5.69 Å². The van der Waals surface area contributed by atoms with Crippen molar-refractivity contribution < 1.29 is 28.9 Å². The lowest BCUT2D eigenvalue weighted by atomic mass is 10.0. The Morgan fingerprint density at radius 3 is 2.70 bits per heavy atom. The monoisotopic (exact) mass is 371 g/mol. The lowest BCUT2D eigenvalue weighted by Gasteiger charge is -2.18. The standard InChI is InChI=1S/C20H21NO6/c1-20(2)10-13-5-4-6-15(18(13)27-20)26-11-17(22)21-14-8-7-12(19(23)24)9-16(14)25-3/h4-9H,10-11H2,1-3H3,(H,21,22)(H,23,24). The van der Waals surface area contributed by atoms with Crippen molar-refractivity contribution in [2.24, 2.45) is 0 Å². The molecular weight excluding hydrogens is 350 g/mol. The lowest BCUT2D eigenvalue weighted by Crippen LogP contribution is -2.25. The number of nitrogens with one attached hydrogen (secondary N) is 1. The molecule has 3 rings (SSSR count). The zero-order valence-corrected chi connectivity index (χ0v) is 15.4. The van der Waals surface area contributed by atoms with Crippen LogP contribution in [0.2, 0.25) is 0 Å². The van der Waals surface area contributed by atoms with Crippen molar-refractivity contribution in [3.63, 3.8) is 0 Å². The average molecular weight is 371 g/mol. The normalized spacial score (nSPS) is 14.0. The summed E-state index contributed by atoms with van der Waals surface area (Å²) in [6, 6.07) is 9.82. The molecule has 2 N–H and O–H groups in total. The van der Waals surface area contributed by atoms with Gasteiger partial charge in [-0.15, -0.1) is 0 Å². The Labute approximate surface area is 156 Å². The molecule has 0 fully saturated rings. The van der Waals surface area contributed by atoms with E-state index in [1.807, 2.05) is 26.0 Å². The molecule has 0 radical (unpaired) electrons. The summed E-state index contributed by atoms with van der Waals surface area (Å²) in [6.07, 6.45) is 0.777. The maximum Gasteiger partial charge on any atom is 0.335 e. The van der Waals surface area contributed by atoms with E-state index >= 15 is 0 Å². The number of carbonyl (C=O) groups is 2. The van der Waals surface area contributed by atoms with E-state index in [1.54, 1.807) is 6.07 Å². The van der Waals surface area contributed by atoms with E-state index in [0.717, 1.165) is 12.0 Å². The minimum Gasteiger partial charge on any atom is -0.495 e. The molecule has 1 aliphatic heterocycles. The van der Waals surface area contributed by atoms with Crippen LogP contribution in [0, 0.1) is 0 Å².